The van der Waals surface area contributed by atoms with E-state index in [0.717, 1.165) is 0 Å². The van der Waals surface area contributed by atoms with Crippen LogP contribution in [0.2, 0.25) is 0 Å². The minimum Gasteiger partial charge on any atom is -0.491 e. The van der Waals surface area contributed by atoms with E-state index in [1.54, 1.807) is 43.5 Å². The molecule has 0 aliphatic carbocycles. The van der Waals surface area contributed by atoms with E-state index < -0.39 is 0 Å². The van der Waals surface area contributed by atoms with Gasteiger partial charge in [0.1, 0.15) is 12.4 Å². The van der Waals surface area contributed by atoms with Gasteiger partial charge in [0.15, 0.2) is 0 Å². The maximum atomic E-state index is 12.3. The second kappa shape index (κ2) is 13.2. The van der Waals surface area contributed by atoms with Crippen molar-refractivity contribution in [3.63, 3.8) is 0 Å². The molecule has 0 heterocycles. The summed E-state index contributed by atoms with van der Waals surface area (Å²) in [6.45, 7) is 4.48. The Labute approximate surface area is 176 Å². The summed E-state index contributed by atoms with van der Waals surface area (Å²) >= 11 is 0. The summed E-state index contributed by atoms with van der Waals surface area (Å²) in [6, 6.07) is 14.1. The van der Waals surface area contributed by atoms with Gasteiger partial charge in [-0.3, -0.25) is 9.59 Å². The summed E-state index contributed by atoms with van der Waals surface area (Å²) in [5.41, 5.74) is 1.83. The van der Waals surface area contributed by atoms with Crippen LogP contribution in [-0.2, 0) is 14.3 Å². The molecule has 2 aromatic rings. The Bertz CT molecular complexity index is 813. The van der Waals surface area contributed by atoms with Crippen molar-refractivity contribution in [2.45, 2.75) is 6.92 Å². The lowest BCUT2D eigenvalue weighted by molar-refractivity contribution is -0.114. The second-order valence-corrected chi connectivity index (χ2v) is 6.30. The van der Waals surface area contributed by atoms with Gasteiger partial charge in [0.05, 0.1) is 19.8 Å². The Balaban J connectivity index is 1.82. The molecule has 0 spiro atoms. The van der Waals surface area contributed by atoms with Gasteiger partial charge in [-0.2, -0.15) is 0 Å². The van der Waals surface area contributed by atoms with Crippen LogP contribution in [-0.4, -0.2) is 58.4 Å². The second-order valence-electron chi connectivity index (χ2n) is 6.30. The average molecular weight is 415 g/mol. The van der Waals surface area contributed by atoms with Crippen LogP contribution in [0.1, 0.15) is 17.3 Å². The summed E-state index contributed by atoms with van der Waals surface area (Å²) < 4.78 is 15.7. The van der Waals surface area contributed by atoms with E-state index in [0.29, 0.717) is 55.7 Å². The van der Waals surface area contributed by atoms with E-state index in [2.05, 4.69) is 16.0 Å². The molecule has 2 amide bonds. The molecule has 0 radical (unpaired) electrons. The molecule has 2 rings (SSSR count). The fraction of sp³-hybridized carbons (Fsp3) is 0.364. The number of rotatable bonds is 13. The molecule has 8 nitrogen and oxygen atoms in total. The lowest BCUT2D eigenvalue weighted by Gasteiger charge is -2.11. The first kappa shape index (κ1) is 23.2. The number of amides is 2. The summed E-state index contributed by atoms with van der Waals surface area (Å²) in [6.07, 6.45) is 0. The van der Waals surface area contributed by atoms with Gasteiger partial charge >= 0.3 is 0 Å². The monoisotopic (exact) mass is 415 g/mol. The highest BCUT2D eigenvalue weighted by Gasteiger charge is 2.07. The molecule has 30 heavy (non-hydrogen) atoms. The normalized spacial score (nSPS) is 10.3. The Hall–Kier alpha value is -3.10. The van der Waals surface area contributed by atoms with Crippen molar-refractivity contribution >= 4 is 23.2 Å². The van der Waals surface area contributed by atoms with E-state index in [4.69, 9.17) is 14.2 Å². The molecule has 0 aromatic heterocycles. The van der Waals surface area contributed by atoms with Crippen LogP contribution in [0, 0.1) is 0 Å². The zero-order valence-corrected chi connectivity index (χ0v) is 17.4. The van der Waals surface area contributed by atoms with Gasteiger partial charge in [-0.05, 0) is 37.3 Å². The summed E-state index contributed by atoms with van der Waals surface area (Å²) in [5, 5.41) is 8.61. The molecule has 0 bridgehead atoms. The Morgan fingerprint density at radius 1 is 0.967 bits per heavy atom. The third kappa shape index (κ3) is 8.50. The largest absolute Gasteiger partial charge is 0.491 e. The molecule has 0 saturated heterocycles. The highest BCUT2D eigenvalue weighted by Crippen LogP contribution is 2.17. The molecule has 3 N–H and O–H groups in total. The lowest BCUT2D eigenvalue weighted by atomic mass is 10.2. The number of carbonyl (C=O) groups is 2. The quantitative estimate of drug-likeness (QED) is 0.435. The first-order chi connectivity index (χ1) is 14.6. The van der Waals surface area contributed by atoms with Crippen LogP contribution in [0.15, 0.2) is 48.5 Å². The molecule has 2 aromatic carbocycles. The zero-order valence-electron chi connectivity index (χ0n) is 17.4. The van der Waals surface area contributed by atoms with E-state index >= 15 is 0 Å². The van der Waals surface area contributed by atoms with Crippen LogP contribution in [0.25, 0.3) is 0 Å². The van der Waals surface area contributed by atoms with Gasteiger partial charge < -0.3 is 30.2 Å². The number of methoxy groups -OCH3 is 1. The molecule has 0 atom stereocenters. The molecule has 0 aliphatic rings. The van der Waals surface area contributed by atoms with Crippen LogP contribution >= 0.6 is 0 Å². The van der Waals surface area contributed by atoms with Crippen molar-refractivity contribution in [2.75, 3.05) is 57.3 Å². The topological polar surface area (TPSA) is 97.9 Å². The van der Waals surface area contributed by atoms with E-state index in [-0.39, 0.29) is 18.4 Å². The number of carbonyl (C=O) groups excluding carboxylic acids is 2. The molecule has 162 valence electrons. The number of hydrogen-bond donors (Lipinski definition) is 3. The number of ether oxygens (including phenoxy) is 3. The smallest absolute Gasteiger partial charge is 0.251 e. The van der Waals surface area contributed by atoms with Crippen molar-refractivity contribution in [1.82, 2.24) is 5.32 Å². The fourth-order valence-electron chi connectivity index (χ4n) is 2.55. The zero-order chi connectivity index (χ0) is 21.6. The van der Waals surface area contributed by atoms with Crippen LogP contribution in [0.5, 0.6) is 5.75 Å². The highest BCUT2D eigenvalue weighted by atomic mass is 16.5. The van der Waals surface area contributed by atoms with Crippen molar-refractivity contribution in [2.24, 2.45) is 0 Å². The van der Waals surface area contributed by atoms with Crippen molar-refractivity contribution in [3.8, 4) is 5.75 Å². The minimum absolute atomic E-state index is 0.0597. The predicted molar refractivity (Wildman–Crippen MR) is 116 cm³/mol. The minimum atomic E-state index is -0.212. The number of hydrogen-bond acceptors (Lipinski definition) is 6. The third-order valence-corrected chi connectivity index (χ3v) is 3.99. The van der Waals surface area contributed by atoms with Crippen LogP contribution in [0.4, 0.5) is 11.4 Å². The summed E-state index contributed by atoms with van der Waals surface area (Å²) in [7, 11) is 1.58. The fourth-order valence-corrected chi connectivity index (χ4v) is 2.55. The van der Waals surface area contributed by atoms with Gasteiger partial charge in [-0.15, -0.1) is 0 Å². The van der Waals surface area contributed by atoms with Gasteiger partial charge in [0, 0.05) is 43.3 Å². The maximum Gasteiger partial charge on any atom is 0.251 e. The van der Waals surface area contributed by atoms with Gasteiger partial charge in [-0.1, -0.05) is 12.1 Å². The lowest BCUT2D eigenvalue weighted by Crippen LogP contribution is -2.27. The summed E-state index contributed by atoms with van der Waals surface area (Å²) in [5.74, 6) is 0.255. The third-order valence-electron chi connectivity index (χ3n) is 3.99. The maximum absolute atomic E-state index is 12.3. The van der Waals surface area contributed by atoms with E-state index in [1.165, 1.54) is 0 Å². The number of anilines is 2. The number of nitrogens with one attached hydrogen (secondary N) is 3. The molecule has 0 fully saturated rings. The molecule has 0 aliphatic heterocycles. The SMILES string of the molecule is CCOCCOc1cccc(NC(=O)CNc2cccc(C(=O)NCCOC)c2)c1. The molecular formula is C22H29N3O5. The molecular weight excluding hydrogens is 386 g/mol. The average Bonchev–Trinajstić information content (AvgIpc) is 2.76. The van der Waals surface area contributed by atoms with Crippen molar-refractivity contribution in [1.29, 1.82) is 0 Å². The van der Waals surface area contributed by atoms with E-state index in [9.17, 15) is 9.59 Å². The first-order valence-corrected chi connectivity index (χ1v) is 9.84. The predicted octanol–water partition coefficient (Wildman–Crippen LogP) is 2.53. The molecule has 0 saturated carbocycles. The molecule has 0 unspecified atom stereocenters. The van der Waals surface area contributed by atoms with E-state index in [1.807, 2.05) is 19.1 Å². The van der Waals surface area contributed by atoms with Crippen molar-refractivity contribution < 1.29 is 23.8 Å². The molecule has 8 heteroatoms. The number of benzene rings is 2. The summed E-state index contributed by atoms with van der Waals surface area (Å²) in [4.78, 5) is 24.4. The van der Waals surface area contributed by atoms with Gasteiger partial charge in [0.25, 0.3) is 5.91 Å². The Morgan fingerprint density at radius 2 is 1.77 bits per heavy atom. The van der Waals surface area contributed by atoms with Gasteiger partial charge in [-0.25, -0.2) is 0 Å². The van der Waals surface area contributed by atoms with Crippen LogP contribution < -0.4 is 20.7 Å². The Kier molecular flexibility index (Phi) is 10.2. The van der Waals surface area contributed by atoms with Gasteiger partial charge in [0.2, 0.25) is 5.91 Å². The Morgan fingerprint density at radius 3 is 2.57 bits per heavy atom. The highest BCUT2D eigenvalue weighted by molar-refractivity contribution is 5.96. The van der Waals surface area contributed by atoms with Crippen molar-refractivity contribution in [3.05, 3.63) is 54.1 Å². The van der Waals surface area contributed by atoms with Crippen LogP contribution in [0.3, 0.4) is 0 Å². The standard InChI is InChI=1S/C22H29N3O5/c1-3-29-12-13-30-20-9-5-8-19(15-20)25-21(26)16-24-18-7-4-6-17(14-18)22(27)23-10-11-28-2/h4-9,14-15,24H,3,10-13,16H2,1-2H3,(H,23,27)(H,25,26). The first-order valence-electron chi connectivity index (χ1n) is 9.84.